The van der Waals surface area contributed by atoms with Crippen LogP contribution in [-0.2, 0) is 25.5 Å². The highest BCUT2D eigenvalue weighted by atomic mass is 32.2. The quantitative estimate of drug-likeness (QED) is 0.124. The van der Waals surface area contributed by atoms with Crippen molar-refractivity contribution in [2.24, 2.45) is 5.41 Å². The number of H-pyrrole nitrogens is 2. The van der Waals surface area contributed by atoms with Gasteiger partial charge in [-0.05, 0) is 122 Å². The van der Waals surface area contributed by atoms with Gasteiger partial charge in [-0.25, -0.2) is 19.6 Å². The molecule has 1 aromatic carbocycles. The Hall–Kier alpha value is -4.70. The van der Waals surface area contributed by atoms with Crippen molar-refractivity contribution in [2.45, 2.75) is 108 Å². The molecule has 14 nitrogen and oxygen atoms in total. The lowest BCUT2D eigenvalue weighted by molar-refractivity contribution is -0.135. The number of nitrogens with zero attached hydrogens (tertiary/aromatic N) is 4. The summed E-state index contributed by atoms with van der Waals surface area (Å²) in [6.07, 6.45) is 19.2. The van der Waals surface area contributed by atoms with Gasteiger partial charge in [0.15, 0.2) is 0 Å². The fourth-order valence-corrected chi connectivity index (χ4v) is 10.7. The van der Waals surface area contributed by atoms with Gasteiger partial charge in [0.2, 0.25) is 11.8 Å². The minimum absolute atomic E-state index is 0.104. The summed E-state index contributed by atoms with van der Waals surface area (Å²) in [7, 11) is 2.63. The molecular formula is C46H62N8O6S2. The van der Waals surface area contributed by atoms with Crippen LogP contribution in [0.4, 0.5) is 9.59 Å². The summed E-state index contributed by atoms with van der Waals surface area (Å²) in [5.74, 6) is 3.02. The molecule has 4 N–H and O–H groups in total. The summed E-state index contributed by atoms with van der Waals surface area (Å²) in [5.41, 5.74) is 7.87. The molecule has 4 heterocycles. The number of carbonyl (C=O) groups excluding carboxylic acids is 4. The number of allylic oxidation sites excluding steroid dienone is 4. The standard InChI is InChI=1S/C46H62N8O6S2/c1-28-25-46(2)18-15-29(23-33(46)37-27-48-41(50-37)39-10-8-20-54(39)43(56)35(17-22-62-6)52-45(58)60-4)11-12-30-13-14-31(28)24-32(30)36-26-47-40(49-36)38-9-7-19-53(38)42(55)34(16-21-61-5)51-44(57)59-3/h13-15,23-24,26-28,34-35,38-39H,7-12,16-22,25H2,1-6H3,(H,47,49)(H,48,50)(H,51,57)(H,52,58). The number of aryl methyl sites for hydroxylation is 1. The van der Waals surface area contributed by atoms with E-state index in [0.29, 0.717) is 25.9 Å². The zero-order valence-electron chi connectivity index (χ0n) is 36.9. The second-order valence-corrected chi connectivity index (χ2v) is 19.3. The van der Waals surface area contributed by atoms with Crippen LogP contribution in [0, 0.1) is 5.41 Å². The van der Waals surface area contributed by atoms with Crippen molar-refractivity contribution in [3.05, 3.63) is 76.8 Å². The van der Waals surface area contributed by atoms with Crippen LogP contribution in [-0.4, -0.2) is 117 Å². The zero-order chi connectivity index (χ0) is 44.0. The number of rotatable bonds is 14. The number of hydrogen-bond donors (Lipinski definition) is 4. The molecule has 16 heteroatoms. The molecule has 5 aliphatic carbocycles. The molecule has 0 radical (unpaired) electrons. The first kappa shape index (κ1) is 45.3. The van der Waals surface area contributed by atoms with Crippen molar-refractivity contribution < 1.29 is 28.7 Å². The van der Waals surface area contributed by atoms with Crippen LogP contribution >= 0.6 is 23.5 Å². The maximum atomic E-state index is 13.9. The van der Waals surface area contributed by atoms with Gasteiger partial charge in [0, 0.05) is 18.7 Å². The Morgan fingerprint density at radius 1 is 0.855 bits per heavy atom. The summed E-state index contributed by atoms with van der Waals surface area (Å²) in [4.78, 5) is 73.0. The van der Waals surface area contributed by atoms with E-state index < -0.39 is 24.3 Å². The van der Waals surface area contributed by atoms with E-state index in [1.165, 1.54) is 36.5 Å². The van der Waals surface area contributed by atoms with Crippen molar-refractivity contribution in [1.82, 2.24) is 40.4 Å². The maximum Gasteiger partial charge on any atom is 0.407 e. The SMILES string of the molecule is COC(=O)NC(CCSC)C(=O)N1CCCC1c1ncc(C2=CC3=CCC2(C)CC(C)c2ccc(c(-c4cnc(C5CCCN5C(=O)C(CCSC)NC(=O)OC)[nH]4)c2)CC3)[nH]1. The molecule has 6 unspecified atom stereocenters. The lowest BCUT2D eigenvalue weighted by Crippen LogP contribution is -2.48. The lowest BCUT2D eigenvalue weighted by atomic mass is 9.67. The summed E-state index contributed by atoms with van der Waals surface area (Å²) in [5, 5.41) is 5.53. The number of ether oxygens (including phenoxy) is 2. The predicted octanol–water partition coefficient (Wildman–Crippen LogP) is 7.94. The fraction of sp³-hybridized carbons (Fsp3) is 0.565. The van der Waals surface area contributed by atoms with Gasteiger partial charge < -0.3 is 39.9 Å². The van der Waals surface area contributed by atoms with Crippen LogP contribution in [0.5, 0.6) is 0 Å². The van der Waals surface area contributed by atoms with E-state index in [1.54, 1.807) is 23.5 Å². The minimum Gasteiger partial charge on any atom is -0.453 e. The third-order valence-corrected chi connectivity index (χ3v) is 14.5. The number of aromatic amines is 2. The molecule has 7 aliphatic rings. The number of benzene rings is 1. The first-order valence-electron chi connectivity index (χ1n) is 21.9. The number of amides is 4. The molecule has 0 saturated carbocycles. The third-order valence-electron chi connectivity index (χ3n) is 13.2. The van der Waals surface area contributed by atoms with Crippen molar-refractivity contribution in [2.75, 3.05) is 51.3 Å². The van der Waals surface area contributed by atoms with Crippen LogP contribution in [0.2, 0.25) is 0 Å². The van der Waals surface area contributed by atoms with Crippen molar-refractivity contribution >= 4 is 53.1 Å². The first-order valence-corrected chi connectivity index (χ1v) is 24.7. The molecule has 0 spiro atoms. The second kappa shape index (κ2) is 20.2. The molecule has 2 fully saturated rings. The van der Waals surface area contributed by atoms with Gasteiger partial charge >= 0.3 is 12.2 Å². The highest BCUT2D eigenvalue weighted by molar-refractivity contribution is 7.98. The Bertz CT molecular complexity index is 2170. The molecule has 4 bridgehead atoms. The van der Waals surface area contributed by atoms with E-state index in [4.69, 9.17) is 19.4 Å². The van der Waals surface area contributed by atoms with E-state index in [2.05, 4.69) is 64.8 Å². The largest absolute Gasteiger partial charge is 0.453 e. The first-order chi connectivity index (χ1) is 30.0. The number of imidazole rings is 2. The number of carbonyl (C=O) groups is 4. The fourth-order valence-electron chi connectivity index (χ4n) is 9.80. The number of aromatic nitrogens is 4. The minimum atomic E-state index is -0.663. The van der Waals surface area contributed by atoms with Crippen molar-refractivity contribution in [3.63, 3.8) is 0 Å². The Labute approximate surface area is 373 Å². The van der Waals surface area contributed by atoms with E-state index in [9.17, 15) is 19.2 Å². The smallest absolute Gasteiger partial charge is 0.407 e. The topological polar surface area (TPSA) is 175 Å². The zero-order valence-corrected chi connectivity index (χ0v) is 38.5. The van der Waals surface area contributed by atoms with E-state index >= 15 is 0 Å². The van der Waals surface area contributed by atoms with Gasteiger partial charge in [-0.3, -0.25) is 9.59 Å². The summed E-state index contributed by atoms with van der Waals surface area (Å²) in [6, 6.07) is 5.13. The van der Waals surface area contributed by atoms with E-state index in [0.717, 1.165) is 91.5 Å². The highest BCUT2D eigenvalue weighted by Gasteiger charge is 2.40. The molecule has 3 aromatic rings. The monoisotopic (exact) mass is 886 g/mol. The molecule has 334 valence electrons. The van der Waals surface area contributed by atoms with Crippen LogP contribution in [0.25, 0.3) is 16.8 Å². The Morgan fingerprint density at radius 2 is 1.42 bits per heavy atom. The number of hydrogen-bond acceptors (Lipinski definition) is 10. The van der Waals surface area contributed by atoms with Crippen molar-refractivity contribution in [3.8, 4) is 11.3 Å². The molecule has 4 amide bonds. The van der Waals surface area contributed by atoms with Crippen LogP contribution in [0.15, 0.2) is 48.3 Å². The Kier molecular flexibility index (Phi) is 14.8. The number of thioether (sulfide) groups is 2. The molecule has 2 saturated heterocycles. The van der Waals surface area contributed by atoms with Gasteiger partial charge in [-0.2, -0.15) is 23.5 Å². The molecule has 10 rings (SSSR count). The summed E-state index contributed by atoms with van der Waals surface area (Å²) < 4.78 is 9.69. The van der Waals surface area contributed by atoms with Gasteiger partial charge in [0.05, 0.1) is 50.1 Å². The molecule has 6 atom stereocenters. The predicted molar refractivity (Wildman–Crippen MR) is 245 cm³/mol. The van der Waals surface area contributed by atoms with Crippen LogP contribution < -0.4 is 10.6 Å². The summed E-state index contributed by atoms with van der Waals surface area (Å²) >= 11 is 3.28. The van der Waals surface area contributed by atoms with Crippen molar-refractivity contribution in [1.29, 1.82) is 0 Å². The van der Waals surface area contributed by atoms with Gasteiger partial charge in [-0.1, -0.05) is 43.7 Å². The Balaban J connectivity index is 1.11. The average Bonchev–Trinajstić information content (AvgIpc) is 4.12. The van der Waals surface area contributed by atoms with Crippen LogP contribution in [0.3, 0.4) is 0 Å². The number of nitrogens with one attached hydrogen (secondary N) is 4. The van der Waals surface area contributed by atoms with E-state index in [1.807, 2.05) is 34.7 Å². The number of likely N-dealkylation sites (tertiary alicyclic amines) is 2. The number of alkyl carbamates (subject to hydrolysis) is 2. The lowest BCUT2D eigenvalue weighted by Gasteiger charge is -2.37. The third kappa shape index (κ3) is 9.91. The average molecular weight is 887 g/mol. The second-order valence-electron chi connectivity index (χ2n) is 17.3. The molecule has 2 aromatic heterocycles. The highest BCUT2D eigenvalue weighted by Crippen LogP contribution is 2.50. The summed E-state index contributed by atoms with van der Waals surface area (Å²) in [6.45, 7) is 5.87. The Morgan fingerprint density at radius 3 is 1.98 bits per heavy atom. The van der Waals surface area contributed by atoms with Gasteiger partial charge in [0.1, 0.15) is 23.7 Å². The molecule has 62 heavy (non-hydrogen) atoms. The molecule has 2 aliphatic heterocycles. The maximum absolute atomic E-state index is 13.9. The normalized spacial score (nSPS) is 23.2. The van der Waals surface area contributed by atoms with Crippen LogP contribution in [0.1, 0.15) is 118 Å². The number of methoxy groups -OCH3 is 2. The van der Waals surface area contributed by atoms with E-state index in [-0.39, 0.29) is 35.2 Å². The van der Waals surface area contributed by atoms with Gasteiger partial charge in [-0.15, -0.1) is 0 Å². The molecular weight excluding hydrogens is 825 g/mol. The van der Waals surface area contributed by atoms with Gasteiger partial charge in [0.25, 0.3) is 0 Å².